The minimum absolute atomic E-state index is 0.267. The van der Waals surface area contributed by atoms with Crippen LogP contribution in [0.4, 0.5) is 0 Å². The minimum atomic E-state index is 0.267. The van der Waals surface area contributed by atoms with E-state index in [-0.39, 0.29) is 11.5 Å². The van der Waals surface area contributed by atoms with Crippen molar-refractivity contribution in [2.75, 3.05) is 27.2 Å². The highest BCUT2D eigenvalue weighted by Gasteiger charge is 2.23. The number of aromatic hydroxyl groups is 2. The van der Waals surface area contributed by atoms with E-state index in [2.05, 4.69) is 104 Å². The number of hydrogen-bond acceptors (Lipinski definition) is 4. The first kappa shape index (κ1) is 37.3. The number of benzene rings is 2. The molecule has 6 heteroatoms. The number of nitrogens with zero attached hydrogens (tertiary/aromatic N) is 4. The highest BCUT2D eigenvalue weighted by atomic mass is 16.3. The first-order chi connectivity index (χ1) is 23.4. The second-order valence-corrected chi connectivity index (χ2v) is 13.3. The lowest BCUT2D eigenvalue weighted by atomic mass is 10.1. The van der Waals surface area contributed by atoms with E-state index >= 15 is 0 Å². The van der Waals surface area contributed by atoms with Gasteiger partial charge in [-0.15, -0.1) is 0 Å². The summed E-state index contributed by atoms with van der Waals surface area (Å²) in [4.78, 5) is 4.48. The summed E-state index contributed by atoms with van der Waals surface area (Å²) in [7, 11) is 4.14. The lowest BCUT2D eigenvalue weighted by Crippen LogP contribution is -2.31. The fourth-order valence-electron chi connectivity index (χ4n) is 6.69. The van der Waals surface area contributed by atoms with Gasteiger partial charge < -0.3 is 24.2 Å². The number of aromatic nitrogens is 2. The molecule has 49 heavy (non-hydrogen) atoms. The van der Waals surface area contributed by atoms with Crippen molar-refractivity contribution in [3.8, 4) is 22.9 Å². The normalized spacial score (nSPS) is 12.5. The van der Waals surface area contributed by atoms with Gasteiger partial charge in [0.05, 0.1) is 11.4 Å². The molecule has 0 spiro atoms. The molecule has 4 rings (SSSR count). The lowest BCUT2D eigenvalue weighted by molar-refractivity contribution is 0.221. The Morgan fingerprint density at radius 3 is 1.45 bits per heavy atom. The fraction of sp³-hybridized carbons (Fsp3) is 0.349. The van der Waals surface area contributed by atoms with E-state index in [1.807, 2.05) is 70.2 Å². The molecule has 0 unspecified atom stereocenters. The molecule has 0 atom stereocenters. The van der Waals surface area contributed by atoms with E-state index < -0.39 is 0 Å². The molecule has 0 radical (unpaired) electrons. The Morgan fingerprint density at radius 2 is 1.00 bits per heavy atom. The SMILES string of the molecule is C/C=C\c1c(C)c(C)c(/C=C\C)n1-c1cccc(CN(CCN(C)C)Cc2cc(C)cc(-n3c(/C=C\C)c(C)c(C)c3/C=C\C)c2O)c1O. The van der Waals surface area contributed by atoms with Crippen molar-refractivity contribution in [1.82, 2.24) is 18.9 Å². The van der Waals surface area contributed by atoms with Gasteiger partial charge in [-0.2, -0.15) is 0 Å². The van der Waals surface area contributed by atoms with Gasteiger partial charge in [-0.3, -0.25) is 4.90 Å². The molecule has 4 aromatic rings. The quantitative estimate of drug-likeness (QED) is 0.150. The van der Waals surface area contributed by atoms with Crippen LogP contribution in [0.2, 0.25) is 0 Å². The first-order valence-corrected chi connectivity index (χ1v) is 17.4. The summed E-state index contributed by atoms with van der Waals surface area (Å²) in [6, 6.07) is 10.2. The predicted molar refractivity (Wildman–Crippen MR) is 210 cm³/mol. The van der Waals surface area contributed by atoms with Gasteiger partial charge in [0, 0.05) is 60.1 Å². The molecule has 2 N–H and O–H groups in total. The summed E-state index contributed by atoms with van der Waals surface area (Å²) in [6.07, 6.45) is 16.6. The van der Waals surface area contributed by atoms with Crippen molar-refractivity contribution in [1.29, 1.82) is 0 Å². The second-order valence-electron chi connectivity index (χ2n) is 13.3. The summed E-state index contributed by atoms with van der Waals surface area (Å²) >= 11 is 0. The molecule has 2 aromatic heterocycles. The van der Waals surface area contributed by atoms with Crippen LogP contribution in [-0.2, 0) is 13.1 Å². The lowest BCUT2D eigenvalue weighted by Gasteiger charge is -2.26. The second kappa shape index (κ2) is 16.3. The van der Waals surface area contributed by atoms with Crippen LogP contribution in [0.1, 0.15) is 89.4 Å². The molecule has 0 aliphatic rings. The smallest absolute Gasteiger partial charge is 0.144 e. The van der Waals surface area contributed by atoms with Crippen LogP contribution < -0.4 is 0 Å². The molecule has 260 valence electrons. The van der Waals surface area contributed by atoms with E-state index in [1.54, 1.807) is 0 Å². The Hall–Kier alpha value is -4.52. The van der Waals surface area contributed by atoms with Crippen LogP contribution in [0.3, 0.4) is 0 Å². The van der Waals surface area contributed by atoms with E-state index in [0.29, 0.717) is 13.1 Å². The number of allylic oxidation sites excluding steroid dienone is 4. The maximum atomic E-state index is 12.0. The molecular formula is C43H56N4O2. The number of likely N-dealkylation sites (N-methyl/N-ethyl adjacent to an activating group) is 1. The minimum Gasteiger partial charge on any atom is -0.505 e. The van der Waals surface area contributed by atoms with Crippen molar-refractivity contribution in [2.45, 2.75) is 75.4 Å². The Kier molecular flexibility index (Phi) is 12.4. The topological polar surface area (TPSA) is 56.8 Å². The Morgan fingerprint density at radius 1 is 0.571 bits per heavy atom. The zero-order valence-electron chi connectivity index (χ0n) is 31.5. The van der Waals surface area contributed by atoms with Crippen molar-refractivity contribution < 1.29 is 10.2 Å². The van der Waals surface area contributed by atoms with Crippen LogP contribution in [0, 0.1) is 34.6 Å². The molecule has 0 bridgehead atoms. The fourth-order valence-corrected chi connectivity index (χ4v) is 6.69. The Labute approximate surface area is 294 Å². The van der Waals surface area contributed by atoms with E-state index in [9.17, 15) is 10.2 Å². The first-order valence-electron chi connectivity index (χ1n) is 17.4. The van der Waals surface area contributed by atoms with Crippen molar-refractivity contribution >= 4 is 24.3 Å². The van der Waals surface area contributed by atoms with Gasteiger partial charge in [0.2, 0.25) is 0 Å². The Balaban J connectivity index is 1.83. The summed E-state index contributed by atoms with van der Waals surface area (Å²) < 4.78 is 4.35. The number of rotatable bonds is 13. The van der Waals surface area contributed by atoms with E-state index in [1.165, 1.54) is 22.3 Å². The summed E-state index contributed by atoms with van der Waals surface area (Å²) in [6.45, 7) is 21.4. The largest absolute Gasteiger partial charge is 0.505 e. The highest BCUT2D eigenvalue weighted by Crippen LogP contribution is 2.37. The van der Waals surface area contributed by atoms with Crippen molar-refractivity contribution in [3.05, 3.63) is 116 Å². The number of phenolic OH excluding ortho intramolecular Hbond substituents is 2. The molecule has 0 fully saturated rings. The van der Waals surface area contributed by atoms with Crippen molar-refractivity contribution in [2.24, 2.45) is 0 Å². The van der Waals surface area contributed by atoms with Crippen LogP contribution in [-0.4, -0.2) is 56.3 Å². The summed E-state index contributed by atoms with van der Waals surface area (Å²) in [5, 5.41) is 23.9. The molecule has 0 saturated carbocycles. The van der Waals surface area contributed by atoms with Gasteiger partial charge in [-0.1, -0.05) is 42.5 Å². The highest BCUT2D eigenvalue weighted by molar-refractivity contribution is 5.70. The molecule has 0 aliphatic carbocycles. The molecule has 6 nitrogen and oxygen atoms in total. The van der Waals surface area contributed by atoms with Crippen LogP contribution in [0.15, 0.2) is 54.6 Å². The van der Waals surface area contributed by atoms with Gasteiger partial charge >= 0.3 is 0 Å². The van der Waals surface area contributed by atoms with Crippen LogP contribution in [0.5, 0.6) is 11.5 Å². The zero-order valence-corrected chi connectivity index (χ0v) is 31.5. The Bertz CT molecular complexity index is 1840. The van der Waals surface area contributed by atoms with Gasteiger partial charge in [-0.05, 0) is 141 Å². The molecule has 2 aromatic carbocycles. The average molecular weight is 661 g/mol. The third-order valence-corrected chi connectivity index (χ3v) is 9.47. The standard InChI is InChI=1S/C43H56N4O2/c1-12-17-36-30(6)31(7)37(18-13-2)46(36)40-22-16-21-34(42(40)48)27-45(24-23-44(10)11)28-35-25-29(5)26-41(43(35)49)47-38(19-14-3)32(8)33(9)39(47)20-15-4/h12-22,25-26,48-49H,23-24,27-28H2,1-11H3/b17-12-,18-13-,19-14-,20-15-. The van der Waals surface area contributed by atoms with Gasteiger partial charge in [0.15, 0.2) is 0 Å². The number of para-hydroxylation sites is 1. The zero-order chi connectivity index (χ0) is 36.0. The molecule has 2 heterocycles. The molecule has 0 aliphatic heterocycles. The number of hydrogen-bond donors (Lipinski definition) is 2. The molecule has 0 amide bonds. The van der Waals surface area contributed by atoms with E-state index in [4.69, 9.17) is 0 Å². The van der Waals surface area contributed by atoms with Gasteiger partial charge in [0.1, 0.15) is 11.5 Å². The number of phenols is 2. The number of aryl methyl sites for hydroxylation is 1. The maximum absolute atomic E-state index is 12.0. The third kappa shape index (κ3) is 7.71. The van der Waals surface area contributed by atoms with Crippen LogP contribution >= 0.6 is 0 Å². The average Bonchev–Trinajstić information content (AvgIpc) is 3.43. The summed E-state index contributed by atoms with van der Waals surface area (Å²) in [5.41, 5.74) is 13.3. The van der Waals surface area contributed by atoms with Crippen LogP contribution in [0.25, 0.3) is 35.7 Å². The van der Waals surface area contributed by atoms with Gasteiger partial charge in [0.25, 0.3) is 0 Å². The summed E-state index contributed by atoms with van der Waals surface area (Å²) in [5.74, 6) is 0.540. The third-order valence-electron chi connectivity index (χ3n) is 9.47. The van der Waals surface area contributed by atoms with Crippen molar-refractivity contribution in [3.63, 3.8) is 0 Å². The van der Waals surface area contributed by atoms with Gasteiger partial charge in [-0.25, -0.2) is 0 Å². The molecule has 0 saturated heterocycles. The molecular weight excluding hydrogens is 604 g/mol. The van der Waals surface area contributed by atoms with E-state index in [0.717, 1.165) is 63.9 Å². The maximum Gasteiger partial charge on any atom is 0.144 e. The predicted octanol–water partition coefficient (Wildman–Crippen LogP) is 9.92. The monoisotopic (exact) mass is 660 g/mol.